The van der Waals surface area contributed by atoms with Crippen molar-refractivity contribution in [3.8, 4) is 0 Å². The number of benzene rings is 2. The second-order valence-electron chi connectivity index (χ2n) is 4.98. The van der Waals surface area contributed by atoms with Crippen molar-refractivity contribution in [1.82, 2.24) is 5.32 Å². The fraction of sp³-hybridized carbons (Fsp3) is 0.294. The van der Waals surface area contributed by atoms with Gasteiger partial charge in [-0.1, -0.05) is 52.7 Å². The van der Waals surface area contributed by atoms with E-state index in [1.807, 2.05) is 30.3 Å². The average molecular weight is 371 g/mol. The number of hydrogen-bond donors (Lipinski definition) is 1. The van der Waals surface area contributed by atoms with E-state index in [1.165, 1.54) is 6.07 Å². The molecule has 1 N–H and O–H groups in total. The Labute approximate surface area is 138 Å². The minimum Gasteiger partial charge on any atom is -0.310 e. The van der Waals surface area contributed by atoms with E-state index in [-0.39, 0.29) is 11.9 Å². The van der Waals surface area contributed by atoms with E-state index in [1.54, 1.807) is 6.07 Å². The summed E-state index contributed by atoms with van der Waals surface area (Å²) in [5.41, 5.74) is 1.76. The van der Waals surface area contributed by atoms with Gasteiger partial charge < -0.3 is 5.32 Å². The van der Waals surface area contributed by atoms with Crippen molar-refractivity contribution >= 4 is 27.5 Å². The van der Waals surface area contributed by atoms with Gasteiger partial charge in [-0.2, -0.15) is 0 Å². The summed E-state index contributed by atoms with van der Waals surface area (Å²) in [7, 11) is 0. The molecule has 0 aliphatic rings. The molecule has 0 aliphatic heterocycles. The Morgan fingerprint density at radius 1 is 1.24 bits per heavy atom. The van der Waals surface area contributed by atoms with Crippen LogP contribution in [0.3, 0.4) is 0 Å². The topological polar surface area (TPSA) is 12.0 Å². The SMILES string of the molecule is CCCNC(Cc1cccc(Cl)c1)c1c(F)cccc1Br. The fourth-order valence-electron chi connectivity index (χ4n) is 2.34. The molecule has 112 valence electrons. The van der Waals surface area contributed by atoms with Crippen molar-refractivity contribution in [2.75, 3.05) is 6.54 Å². The van der Waals surface area contributed by atoms with Gasteiger partial charge in [-0.3, -0.25) is 0 Å². The van der Waals surface area contributed by atoms with E-state index in [2.05, 4.69) is 28.2 Å². The van der Waals surface area contributed by atoms with Crippen LogP contribution in [-0.4, -0.2) is 6.54 Å². The Bertz CT molecular complexity index is 583. The zero-order valence-corrected chi connectivity index (χ0v) is 14.2. The standard InChI is InChI=1S/C17H18BrClFN/c1-2-9-21-16(11-12-5-3-6-13(19)10-12)17-14(18)7-4-8-15(17)20/h3-8,10,16,21H,2,9,11H2,1H3. The van der Waals surface area contributed by atoms with Gasteiger partial charge in [-0.25, -0.2) is 4.39 Å². The fourth-order valence-corrected chi connectivity index (χ4v) is 3.17. The second kappa shape index (κ2) is 7.92. The number of nitrogens with one attached hydrogen (secondary N) is 1. The van der Waals surface area contributed by atoms with Crippen LogP contribution in [0.5, 0.6) is 0 Å². The first-order chi connectivity index (χ1) is 10.1. The summed E-state index contributed by atoms with van der Waals surface area (Å²) in [5.74, 6) is -0.194. The zero-order chi connectivity index (χ0) is 15.2. The number of hydrogen-bond acceptors (Lipinski definition) is 1. The molecule has 0 amide bonds. The van der Waals surface area contributed by atoms with Gasteiger partial charge in [0.05, 0.1) is 0 Å². The van der Waals surface area contributed by atoms with Crippen LogP contribution in [-0.2, 0) is 6.42 Å². The highest BCUT2D eigenvalue weighted by molar-refractivity contribution is 9.10. The average Bonchev–Trinajstić information content (AvgIpc) is 2.44. The molecule has 2 aromatic rings. The highest BCUT2D eigenvalue weighted by atomic mass is 79.9. The summed E-state index contributed by atoms with van der Waals surface area (Å²) in [5, 5.41) is 4.13. The lowest BCUT2D eigenvalue weighted by Gasteiger charge is -2.21. The van der Waals surface area contributed by atoms with Gasteiger partial charge in [0, 0.05) is 21.1 Å². The predicted molar refractivity (Wildman–Crippen MR) is 90.3 cm³/mol. The van der Waals surface area contributed by atoms with Crippen molar-refractivity contribution in [3.05, 3.63) is 68.9 Å². The quantitative estimate of drug-likeness (QED) is 0.705. The van der Waals surface area contributed by atoms with Crippen LogP contribution in [0.4, 0.5) is 4.39 Å². The van der Waals surface area contributed by atoms with Crippen LogP contribution < -0.4 is 5.32 Å². The molecule has 21 heavy (non-hydrogen) atoms. The maximum atomic E-state index is 14.2. The molecule has 0 heterocycles. The van der Waals surface area contributed by atoms with Crippen LogP contribution in [0.15, 0.2) is 46.9 Å². The highest BCUT2D eigenvalue weighted by Crippen LogP contribution is 2.29. The second-order valence-corrected chi connectivity index (χ2v) is 6.27. The lowest BCUT2D eigenvalue weighted by molar-refractivity contribution is 0.495. The molecule has 4 heteroatoms. The molecular weight excluding hydrogens is 353 g/mol. The maximum absolute atomic E-state index is 14.2. The molecule has 0 spiro atoms. The number of halogens is 3. The Morgan fingerprint density at radius 3 is 2.67 bits per heavy atom. The molecule has 0 saturated carbocycles. The lowest BCUT2D eigenvalue weighted by Crippen LogP contribution is -2.25. The molecule has 1 atom stereocenters. The molecule has 0 radical (unpaired) electrons. The molecule has 2 aromatic carbocycles. The molecule has 0 fully saturated rings. The van der Waals surface area contributed by atoms with Crippen molar-refractivity contribution < 1.29 is 4.39 Å². The van der Waals surface area contributed by atoms with E-state index in [0.717, 1.165) is 23.0 Å². The van der Waals surface area contributed by atoms with E-state index in [9.17, 15) is 4.39 Å². The zero-order valence-electron chi connectivity index (χ0n) is 11.9. The van der Waals surface area contributed by atoms with Gasteiger partial charge in [-0.15, -0.1) is 0 Å². The first-order valence-corrected chi connectivity index (χ1v) is 8.20. The first kappa shape index (κ1) is 16.5. The van der Waals surface area contributed by atoms with Crippen molar-refractivity contribution in [1.29, 1.82) is 0 Å². The van der Waals surface area contributed by atoms with Crippen LogP contribution in [0, 0.1) is 5.82 Å². The van der Waals surface area contributed by atoms with Gasteiger partial charge in [0.2, 0.25) is 0 Å². The predicted octanol–water partition coefficient (Wildman–Crippen LogP) is 5.53. The molecule has 0 aromatic heterocycles. The lowest BCUT2D eigenvalue weighted by atomic mass is 9.98. The Balaban J connectivity index is 2.30. The maximum Gasteiger partial charge on any atom is 0.129 e. The molecule has 1 unspecified atom stereocenters. The minimum atomic E-state index is -0.194. The normalized spacial score (nSPS) is 12.4. The van der Waals surface area contributed by atoms with Gasteiger partial charge in [0.1, 0.15) is 5.82 Å². The van der Waals surface area contributed by atoms with Gasteiger partial charge in [0.15, 0.2) is 0 Å². The molecule has 0 saturated heterocycles. The summed E-state index contributed by atoms with van der Waals surface area (Å²) in [6.07, 6.45) is 1.69. The third-order valence-electron chi connectivity index (χ3n) is 3.32. The summed E-state index contributed by atoms with van der Waals surface area (Å²) >= 11 is 9.50. The van der Waals surface area contributed by atoms with Crippen LogP contribution in [0.2, 0.25) is 5.02 Å². The van der Waals surface area contributed by atoms with Crippen molar-refractivity contribution in [3.63, 3.8) is 0 Å². The van der Waals surface area contributed by atoms with Gasteiger partial charge in [-0.05, 0) is 49.2 Å². The van der Waals surface area contributed by atoms with Gasteiger partial charge >= 0.3 is 0 Å². The first-order valence-electron chi connectivity index (χ1n) is 7.03. The van der Waals surface area contributed by atoms with Gasteiger partial charge in [0.25, 0.3) is 0 Å². The largest absolute Gasteiger partial charge is 0.310 e. The van der Waals surface area contributed by atoms with Crippen molar-refractivity contribution in [2.24, 2.45) is 0 Å². The monoisotopic (exact) mass is 369 g/mol. The molecule has 0 aliphatic carbocycles. The van der Waals surface area contributed by atoms with E-state index in [0.29, 0.717) is 17.0 Å². The summed E-state index contributed by atoms with van der Waals surface area (Å²) in [6.45, 7) is 2.94. The van der Waals surface area contributed by atoms with E-state index in [4.69, 9.17) is 11.6 Å². The van der Waals surface area contributed by atoms with E-state index < -0.39 is 0 Å². The van der Waals surface area contributed by atoms with Crippen molar-refractivity contribution in [2.45, 2.75) is 25.8 Å². The third kappa shape index (κ3) is 4.53. The molecule has 0 bridgehead atoms. The summed E-state index contributed by atoms with van der Waals surface area (Å²) in [4.78, 5) is 0. The Kier molecular flexibility index (Phi) is 6.22. The van der Waals surface area contributed by atoms with Crippen LogP contribution in [0.25, 0.3) is 0 Å². The third-order valence-corrected chi connectivity index (χ3v) is 4.24. The summed E-state index contributed by atoms with van der Waals surface area (Å²) in [6, 6.07) is 12.7. The minimum absolute atomic E-state index is 0.0843. The summed E-state index contributed by atoms with van der Waals surface area (Å²) < 4.78 is 15.0. The smallest absolute Gasteiger partial charge is 0.129 e. The molecule has 2 rings (SSSR count). The molecular formula is C17H18BrClFN. The van der Waals surface area contributed by atoms with Crippen LogP contribution in [0.1, 0.15) is 30.5 Å². The Hall–Kier alpha value is -0.900. The number of rotatable bonds is 6. The highest BCUT2D eigenvalue weighted by Gasteiger charge is 2.18. The Morgan fingerprint density at radius 2 is 2.00 bits per heavy atom. The van der Waals surface area contributed by atoms with E-state index >= 15 is 0 Å². The molecule has 1 nitrogen and oxygen atoms in total. The van der Waals surface area contributed by atoms with Crippen LogP contribution >= 0.6 is 27.5 Å².